The molecule has 0 aliphatic rings. The molecule has 0 fully saturated rings. The van der Waals surface area contributed by atoms with Crippen LogP contribution in [-0.4, -0.2) is 13.7 Å². The highest BCUT2D eigenvalue weighted by atomic mass is 32.2. The molecule has 0 aromatic carbocycles. The van der Waals surface area contributed by atoms with Gasteiger partial charge < -0.3 is 0 Å². The second kappa shape index (κ2) is 5.43. The van der Waals surface area contributed by atoms with Crippen molar-refractivity contribution >= 4 is 21.4 Å². The number of hydrogen-bond donors (Lipinski definition) is 1. The molecule has 0 saturated heterocycles. The number of aryl methyl sites for hydroxylation is 1. The van der Waals surface area contributed by atoms with Gasteiger partial charge in [0.2, 0.25) is 10.0 Å². The van der Waals surface area contributed by atoms with Crippen LogP contribution in [0.2, 0.25) is 0 Å². The molecule has 0 saturated carbocycles. The van der Waals surface area contributed by atoms with Gasteiger partial charge in [0.1, 0.15) is 0 Å². The Morgan fingerprint density at radius 1 is 1.56 bits per heavy atom. The van der Waals surface area contributed by atoms with Crippen molar-refractivity contribution in [1.82, 2.24) is 4.72 Å². The van der Waals surface area contributed by atoms with Crippen LogP contribution in [0.3, 0.4) is 0 Å². The van der Waals surface area contributed by atoms with Crippen LogP contribution in [-0.2, 0) is 16.6 Å². The first-order chi connectivity index (χ1) is 7.51. The quantitative estimate of drug-likeness (QED) is 0.875. The number of sulfonamides is 1. The molecule has 1 heterocycles. The van der Waals surface area contributed by atoms with Gasteiger partial charge in [-0.25, -0.2) is 13.1 Å². The first kappa shape index (κ1) is 13.2. The number of thiophene rings is 1. The molecule has 1 unspecified atom stereocenters. The Labute approximate surface area is 100.0 Å². The zero-order valence-corrected chi connectivity index (χ0v) is 10.9. The van der Waals surface area contributed by atoms with Crippen LogP contribution >= 0.6 is 11.3 Å². The maximum Gasteiger partial charge on any atom is 0.228 e. The van der Waals surface area contributed by atoms with E-state index in [0.29, 0.717) is 6.42 Å². The molecule has 1 aromatic rings. The van der Waals surface area contributed by atoms with Crippen molar-refractivity contribution in [2.24, 2.45) is 0 Å². The molecule has 0 bridgehead atoms. The minimum Gasteiger partial charge on any atom is -0.211 e. The number of nitrogens with zero attached hydrogens (tertiary/aromatic N) is 1. The van der Waals surface area contributed by atoms with Crippen LogP contribution in [0.5, 0.6) is 0 Å². The molecule has 1 rings (SSSR count). The van der Waals surface area contributed by atoms with Gasteiger partial charge in [0.05, 0.1) is 6.07 Å². The van der Waals surface area contributed by atoms with E-state index in [1.807, 2.05) is 17.7 Å². The SMILES string of the molecule is CCC(C#N)S(=O)(=O)NCc1cscc1C. The van der Waals surface area contributed by atoms with E-state index in [1.54, 1.807) is 13.0 Å². The number of hydrogen-bond acceptors (Lipinski definition) is 4. The predicted octanol–water partition coefficient (Wildman–Crippen LogP) is 1.78. The third-order valence-electron chi connectivity index (χ3n) is 2.31. The Bertz CT molecular complexity index is 485. The van der Waals surface area contributed by atoms with Gasteiger partial charge >= 0.3 is 0 Å². The summed E-state index contributed by atoms with van der Waals surface area (Å²) in [6.07, 6.45) is 0.300. The summed E-state index contributed by atoms with van der Waals surface area (Å²) in [5, 5.41) is 11.6. The number of nitrogens with one attached hydrogen (secondary N) is 1. The molecule has 88 valence electrons. The molecular weight excluding hydrogens is 244 g/mol. The lowest BCUT2D eigenvalue weighted by Crippen LogP contribution is -2.32. The summed E-state index contributed by atoms with van der Waals surface area (Å²) in [6, 6.07) is 1.79. The average molecular weight is 258 g/mol. The molecule has 1 atom stereocenters. The summed E-state index contributed by atoms with van der Waals surface area (Å²) < 4.78 is 25.8. The van der Waals surface area contributed by atoms with E-state index in [9.17, 15) is 8.42 Å². The molecule has 0 aliphatic heterocycles. The first-order valence-corrected chi connectivity index (χ1v) is 7.40. The van der Waals surface area contributed by atoms with Crippen molar-refractivity contribution in [2.75, 3.05) is 0 Å². The van der Waals surface area contributed by atoms with E-state index in [2.05, 4.69) is 4.72 Å². The maximum atomic E-state index is 11.7. The zero-order valence-electron chi connectivity index (χ0n) is 9.23. The zero-order chi connectivity index (χ0) is 12.2. The van der Waals surface area contributed by atoms with E-state index in [-0.39, 0.29) is 6.54 Å². The van der Waals surface area contributed by atoms with Gasteiger partial charge in [-0.2, -0.15) is 16.6 Å². The lowest BCUT2D eigenvalue weighted by Gasteiger charge is -2.09. The summed E-state index contributed by atoms with van der Waals surface area (Å²) in [5.74, 6) is 0. The second-order valence-electron chi connectivity index (χ2n) is 3.47. The largest absolute Gasteiger partial charge is 0.228 e. The molecule has 0 amide bonds. The van der Waals surface area contributed by atoms with Gasteiger partial charge in [0.25, 0.3) is 0 Å². The van der Waals surface area contributed by atoms with Crippen molar-refractivity contribution < 1.29 is 8.42 Å². The fourth-order valence-corrected chi connectivity index (χ4v) is 3.22. The molecule has 0 aliphatic carbocycles. The van der Waals surface area contributed by atoms with E-state index in [0.717, 1.165) is 11.1 Å². The Morgan fingerprint density at radius 3 is 2.69 bits per heavy atom. The molecule has 16 heavy (non-hydrogen) atoms. The van der Waals surface area contributed by atoms with Crippen LogP contribution in [0.15, 0.2) is 10.8 Å². The van der Waals surface area contributed by atoms with E-state index >= 15 is 0 Å². The third kappa shape index (κ3) is 3.04. The topological polar surface area (TPSA) is 70.0 Å². The lowest BCUT2D eigenvalue weighted by atomic mass is 10.2. The van der Waals surface area contributed by atoms with Crippen molar-refractivity contribution in [3.05, 3.63) is 21.9 Å². The minimum atomic E-state index is -3.52. The Balaban J connectivity index is 2.69. The van der Waals surface area contributed by atoms with Gasteiger partial charge in [-0.3, -0.25) is 0 Å². The lowest BCUT2D eigenvalue weighted by molar-refractivity contribution is 0.572. The highest BCUT2D eigenvalue weighted by molar-refractivity contribution is 7.90. The highest BCUT2D eigenvalue weighted by Crippen LogP contribution is 2.14. The first-order valence-electron chi connectivity index (χ1n) is 4.91. The summed E-state index contributed by atoms with van der Waals surface area (Å²) in [4.78, 5) is 0. The van der Waals surface area contributed by atoms with Crippen LogP contribution in [0.25, 0.3) is 0 Å². The van der Waals surface area contributed by atoms with E-state index in [1.165, 1.54) is 11.3 Å². The van der Waals surface area contributed by atoms with Gasteiger partial charge in [0, 0.05) is 6.54 Å². The standard InChI is InChI=1S/C10H14N2O2S2/c1-3-10(4-11)16(13,14)12-5-9-7-15-6-8(9)2/h6-7,10,12H,3,5H2,1-2H3. The Hall–Kier alpha value is -0.900. The fraction of sp³-hybridized carbons (Fsp3) is 0.500. The van der Waals surface area contributed by atoms with Gasteiger partial charge in [-0.05, 0) is 35.2 Å². The van der Waals surface area contributed by atoms with Gasteiger partial charge in [-0.1, -0.05) is 6.92 Å². The minimum absolute atomic E-state index is 0.260. The molecule has 6 heteroatoms. The predicted molar refractivity (Wildman–Crippen MR) is 64.5 cm³/mol. The van der Waals surface area contributed by atoms with Crippen LogP contribution in [0.1, 0.15) is 24.5 Å². The van der Waals surface area contributed by atoms with Crippen molar-refractivity contribution in [3.8, 4) is 6.07 Å². The smallest absolute Gasteiger partial charge is 0.211 e. The summed E-state index contributed by atoms with van der Waals surface area (Å²) in [5.41, 5.74) is 2.03. The number of nitriles is 1. The normalized spacial score (nSPS) is 13.3. The molecule has 1 aromatic heterocycles. The van der Waals surface area contributed by atoms with Crippen molar-refractivity contribution in [1.29, 1.82) is 5.26 Å². The molecule has 0 radical (unpaired) electrons. The van der Waals surface area contributed by atoms with Crippen molar-refractivity contribution in [3.63, 3.8) is 0 Å². The average Bonchev–Trinajstić information content (AvgIpc) is 2.62. The summed E-state index contributed by atoms with van der Waals surface area (Å²) in [7, 11) is -3.52. The fourth-order valence-electron chi connectivity index (χ4n) is 1.23. The highest BCUT2D eigenvalue weighted by Gasteiger charge is 2.22. The van der Waals surface area contributed by atoms with Crippen molar-refractivity contribution in [2.45, 2.75) is 32.1 Å². The van der Waals surface area contributed by atoms with Crippen LogP contribution < -0.4 is 4.72 Å². The number of rotatable bonds is 5. The molecule has 4 nitrogen and oxygen atoms in total. The summed E-state index contributed by atoms with van der Waals surface area (Å²) in [6.45, 7) is 3.88. The molecule has 0 spiro atoms. The molecule has 1 N–H and O–H groups in total. The van der Waals surface area contributed by atoms with E-state index in [4.69, 9.17) is 5.26 Å². The van der Waals surface area contributed by atoms with Gasteiger partial charge in [0.15, 0.2) is 5.25 Å². The second-order valence-corrected chi connectivity index (χ2v) is 6.16. The maximum absolute atomic E-state index is 11.7. The summed E-state index contributed by atoms with van der Waals surface area (Å²) >= 11 is 1.54. The van der Waals surface area contributed by atoms with Gasteiger partial charge in [-0.15, -0.1) is 0 Å². The monoisotopic (exact) mass is 258 g/mol. The molecular formula is C10H14N2O2S2. The van der Waals surface area contributed by atoms with E-state index < -0.39 is 15.3 Å². The Kier molecular flexibility index (Phi) is 4.47. The van der Waals surface area contributed by atoms with Crippen LogP contribution in [0.4, 0.5) is 0 Å². The Morgan fingerprint density at radius 2 is 2.25 bits per heavy atom. The van der Waals surface area contributed by atoms with Crippen LogP contribution in [0, 0.1) is 18.3 Å². The third-order valence-corrected chi connectivity index (χ3v) is 4.96.